The van der Waals surface area contributed by atoms with Crippen LogP contribution in [0.1, 0.15) is 0 Å². The number of rotatable bonds is 5. The molecule has 2 aromatic carbocycles. The minimum absolute atomic E-state index is 0.130. The van der Waals surface area contributed by atoms with E-state index < -0.39 is 0 Å². The van der Waals surface area contributed by atoms with Crippen LogP contribution >= 0.6 is 23.2 Å². The molecule has 0 bridgehead atoms. The summed E-state index contributed by atoms with van der Waals surface area (Å²) < 4.78 is 5.06. The maximum atomic E-state index is 11.9. The standard InChI is InChI=1S/C15H14Cl2N2O2/c1-21-12-5-3-11(4-6-12)18-9-15(20)19-14-7-2-10(16)8-13(14)17/h2-8,18H,9H2,1H3,(H,19,20). The molecule has 110 valence electrons. The lowest BCUT2D eigenvalue weighted by molar-refractivity contribution is -0.114. The third-order valence-corrected chi connectivity index (χ3v) is 3.30. The van der Waals surface area contributed by atoms with Gasteiger partial charge in [0.1, 0.15) is 5.75 Å². The Kier molecular flexibility index (Phi) is 5.31. The van der Waals surface area contributed by atoms with Crippen LogP contribution in [0.4, 0.5) is 11.4 Å². The molecule has 2 rings (SSSR count). The van der Waals surface area contributed by atoms with E-state index in [0.29, 0.717) is 15.7 Å². The summed E-state index contributed by atoms with van der Waals surface area (Å²) in [6.07, 6.45) is 0. The first-order valence-electron chi connectivity index (χ1n) is 6.21. The molecule has 0 aliphatic carbocycles. The normalized spacial score (nSPS) is 10.0. The van der Waals surface area contributed by atoms with Gasteiger partial charge in [-0.2, -0.15) is 0 Å². The molecule has 0 radical (unpaired) electrons. The van der Waals surface area contributed by atoms with Gasteiger partial charge in [0, 0.05) is 10.7 Å². The molecular weight excluding hydrogens is 311 g/mol. The molecule has 0 fully saturated rings. The van der Waals surface area contributed by atoms with Crippen molar-refractivity contribution in [2.75, 3.05) is 24.3 Å². The van der Waals surface area contributed by atoms with Gasteiger partial charge >= 0.3 is 0 Å². The second kappa shape index (κ2) is 7.20. The van der Waals surface area contributed by atoms with Crippen LogP contribution in [0.25, 0.3) is 0 Å². The van der Waals surface area contributed by atoms with Gasteiger partial charge in [0.25, 0.3) is 0 Å². The molecule has 0 heterocycles. The van der Waals surface area contributed by atoms with E-state index in [4.69, 9.17) is 27.9 Å². The number of carbonyl (C=O) groups excluding carboxylic acids is 1. The Morgan fingerprint density at radius 3 is 2.48 bits per heavy atom. The summed E-state index contributed by atoms with van der Waals surface area (Å²) in [6, 6.07) is 12.2. The van der Waals surface area contributed by atoms with Crippen molar-refractivity contribution in [3.63, 3.8) is 0 Å². The zero-order valence-electron chi connectivity index (χ0n) is 11.3. The highest BCUT2D eigenvalue weighted by Crippen LogP contribution is 2.25. The molecule has 21 heavy (non-hydrogen) atoms. The summed E-state index contributed by atoms with van der Waals surface area (Å²) in [7, 11) is 1.60. The fourth-order valence-electron chi connectivity index (χ4n) is 1.68. The average molecular weight is 325 g/mol. The van der Waals surface area contributed by atoms with Gasteiger partial charge in [-0.15, -0.1) is 0 Å². The SMILES string of the molecule is COc1ccc(NCC(=O)Nc2ccc(Cl)cc2Cl)cc1. The fourth-order valence-corrected chi connectivity index (χ4v) is 2.13. The first kappa shape index (κ1) is 15.5. The summed E-state index contributed by atoms with van der Waals surface area (Å²) in [6.45, 7) is 0.130. The van der Waals surface area contributed by atoms with Gasteiger partial charge in [-0.05, 0) is 42.5 Å². The molecule has 4 nitrogen and oxygen atoms in total. The van der Waals surface area contributed by atoms with Crippen molar-refractivity contribution < 1.29 is 9.53 Å². The van der Waals surface area contributed by atoms with Crippen LogP contribution in [0.15, 0.2) is 42.5 Å². The highest BCUT2D eigenvalue weighted by molar-refractivity contribution is 6.36. The Bertz CT molecular complexity index is 630. The molecule has 0 spiro atoms. The van der Waals surface area contributed by atoms with Crippen molar-refractivity contribution in [2.45, 2.75) is 0 Å². The molecule has 0 saturated carbocycles. The Balaban J connectivity index is 1.89. The van der Waals surface area contributed by atoms with Crippen LogP contribution in [-0.4, -0.2) is 19.6 Å². The first-order chi connectivity index (χ1) is 10.1. The molecule has 2 N–H and O–H groups in total. The predicted molar refractivity (Wildman–Crippen MR) is 86.6 cm³/mol. The minimum Gasteiger partial charge on any atom is -0.497 e. The zero-order chi connectivity index (χ0) is 15.2. The maximum Gasteiger partial charge on any atom is 0.243 e. The molecule has 6 heteroatoms. The Morgan fingerprint density at radius 2 is 1.86 bits per heavy atom. The lowest BCUT2D eigenvalue weighted by atomic mass is 10.3. The number of methoxy groups -OCH3 is 1. The van der Waals surface area contributed by atoms with Gasteiger partial charge in [0.2, 0.25) is 5.91 Å². The summed E-state index contributed by atoms with van der Waals surface area (Å²) in [5.41, 5.74) is 1.36. The highest BCUT2D eigenvalue weighted by atomic mass is 35.5. The van der Waals surface area contributed by atoms with E-state index in [-0.39, 0.29) is 12.5 Å². The van der Waals surface area contributed by atoms with Gasteiger partial charge in [0.05, 0.1) is 24.4 Å². The maximum absolute atomic E-state index is 11.9. The van der Waals surface area contributed by atoms with Crippen molar-refractivity contribution in [3.05, 3.63) is 52.5 Å². The van der Waals surface area contributed by atoms with Crippen molar-refractivity contribution in [1.82, 2.24) is 0 Å². The number of carbonyl (C=O) groups is 1. The van der Waals surface area contributed by atoms with E-state index in [1.54, 1.807) is 25.3 Å². The number of halogens is 2. The minimum atomic E-state index is -0.199. The number of hydrogen-bond acceptors (Lipinski definition) is 3. The topological polar surface area (TPSA) is 50.4 Å². The van der Waals surface area contributed by atoms with E-state index in [0.717, 1.165) is 11.4 Å². The third kappa shape index (κ3) is 4.55. The van der Waals surface area contributed by atoms with E-state index in [1.807, 2.05) is 24.3 Å². The quantitative estimate of drug-likeness (QED) is 0.872. The summed E-state index contributed by atoms with van der Waals surface area (Å²) in [5, 5.41) is 6.65. The number of hydrogen-bond donors (Lipinski definition) is 2. The van der Waals surface area contributed by atoms with Crippen LogP contribution in [-0.2, 0) is 4.79 Å². The zero-order valence-corrected chi connectivity index (χ0v) is 12.8. The third-order valence-electron chi connectivity index (χ3n) is 2.75. The molecule has 1 amide bonds. The van der Waals surface area contributed by atoms with Crippen molar-refractivity contribution in [1.29, 1.82) is 0 Å². The molecule has 2 aromatic rings. The van der Waals surface area contributed by atoms with Crippen LogP contribution in [0.2, 0.25) is 10.0 Å². The summed E-state index contributed by atoms with van der Waals surface area (Å²) in [4.78, 5) is 11.9. The second-order valence-electron chi connectivity index (χ2n) is 4.25. The molecule has 0 atom stereocenters. The lowest BCUT2D eigenvalue weighted by Gasteiger charge is -2.09. The Morgan fingerprint density at radius 1 is 1.14 bits per heavy atom. The molecule has 0 aromatic heterocycles. The average Bonchev–Trinajstić information content (AvgIpc) is 2.48. The number of benzene rings is 2. The Labute approximate surface area is 133 Å². The predicted octanol–water partition coefficient (Wildman–Crippen LogP) is 4.05. The second-order valence-corrected chi connectivity index (χ2v) is 5.10. The fraction of sp³-hybridized carbons (Fsp3) is 0.133. The van der Waals surface area contributed by atoms with E-state index in [1.165, 1.54) is 0 Å². The number of ether oxygens (including phenoxy) is 1. The number of nitrogens with one attached hydrogen (secondary N) is 2. The van der Waals surface area contributed by atoms with Gasteiger partial charge in [-0.1, -0.05) is 23.2 Å². The largest absolute Gasteiger partial charge is 0.497 e. The molecule has 0 aliphatic heterocycles. The highest BCUT2D eigenvalue weighted by Gasteiger charge is 2.06. The number of amides is 1. The van der Waals surface area contributed by atoms with Crippen molar-refractivity contribution >= 4 is 40.5 Å². The van der Waals surface area contributed by atoms with Gasteiger partial charge in [0.15, 0.2) is 0 Å². The van der Waals surface area contributed by atoms with Crippen LogP contribution in [0.3, 0.4) is 0 Å². The van der Waals surface area contributed by atoms with Gasteiger partial charge in [-0.3, -0.25) is 4.79 Å². The van der Waals surface area contributed by atoms with E-state index in [9.17, 15) is 4.79 Å². The van der Waals surface area contributed by atoms with Crippen LogP contribution in [0, 0.1) is 0 Å². The number of anilines is 2. The van der Waals surface area contributed by atoms with Crippen LogP contribution in [0.5, 0.6) is 5.75 Å². The molecular formula is C15H14Cl2N2O2. The van der Waals surface area contributed by atoms with E-state index >= 15 is 0 Å². The molecule has 0 saturated heterocycles. The summed E-state index contributed by atoms with van der Waals surface area (Å²) >= 11 is 11.8. The summed E-state index contributed by atoms with van der Waals surface area (Å²) in [5.74, 6) is 0.563. The van der Waals surface area contributed by atoms with Gasteiger partial charge in [-0.25, -0.2) is 0 Å². The first-order valence-corrected chi connectivity index (χ1v) is 6.97. The van der Waals surface area contributed by atoms with E-state index in [2.05, 4.69) is 10.6 Å². The molecule has 0 unspecified atom stereocenters. The molecule has 0 aliphatic rings. The monoisotopic (exact) mass is 324 g/mol. The lowest BCUT2D eigenvalue weighted by Crippen LogP contribution is -2.21. The Hall–Kier alpha value is -1.91. The smallest absolute Gasteiger partial charge is 0.243 e. The van der Waals surface area contributed by atoms with Gasteiger partial charge < -0.3 is 15.4 Å². The van der Waals surface area contributed by atoms with Crippen molar-refractivity contribution in [3.8, 4) is 5.75 Å². The van der Waals surface area contributed by atoms with Crippen molar-refractivity contribution in [2.24, 2.45) is 0 Å². The van der Waals surface area contributed by atoms with Crippen LogP contribution < -0.4 is 15.4 Å².